The van der Waals surface area contributed by atoms with Gasteiger partial charge in [-0.25, -0.2) is 8.78 Å². The summed E-state index contributed by atoms with van der Waals surface area (Å²) in [6.07, 6.45) is 1.08. The summed E-state index contributed by atoms with van der Waals surface area (Å²) in [6, 6.07) is 0. The Kier molecular flexibility index (Phi) is 4.05. The number of amides is 1. The average Bonchev–Trinajstić information content (AvgIpc) is 2.17. The van der Waals surface area contributed by atoms with E-state index in [-0.39, 0.29) is 31.8 Å². The summed E-state index contributed by atoms with van der Waals surface area (Å²) in [7, 11) is 0. The summed E-state index contributed by atoms with van der Waals surface area (Å²) in [5, 5.41) is 0. The molecule has 1 fully saturated rings. The third kappa shape index (κ3) is 3.76. The van der Waals surface area contributed by atoms with Gasteiger partial charge in [-0.3, -0.25) is 4.79 Å². The van der Waals surface area contributed by atoms with Crippen LogP contribution in [0.15, 0.2) is 0 Å². The van der Waals surface area contributed by atoms with Crippen molar-refractivity contribution in [2.24, 2.45) is 5.92 Å². The van der Waals surface area contributed by atoms with Gasteiger partial charge in [-0.15, -0.1) is 0 Å². The lowest BCUT2D eigenvalue weighted by Gasteiger charge is -2.32. The lowest BCUT2D eigenvalue weighted by molar-refractivity contribution is -0.138. The number of halogens is 2. The number of nitrogens with zero attached hydrogens (tertiary/aromatic N) is 1. The van der Waals surface area contributed by atoms with Gasteiger partial charge in [-0.2, -0.15) is 0 Å². The molecule has 1 atom stereocenters. The van der Waals surface area contributed by atoms with Crippen LogP contribution in [0.1, 0.15) is 39.5 Å². The lowest BCUT2D eigenvalue weighted by atomic mass is 10.0. The molecule has 4 heteroatoms. The topological polar surface area (TPSA) is 20.3 Å². The van der Waals surface area contributed by atoms with Crippen LogP contribution in [0.4, 0.5) is 8.78 Å². The Hall–Kier alpha value is -0.670. The minimum absolute atomic E-state index is 0.0276. The zero-order valence-electron chi connectivity index (χ0n) is 9.43. The van der Waals surface area contributed by atoms with E-state index in [1.54, 1.807) is 4.90 Å². The van der Waals surface area contributed by atoms with Gasteiger partial charge in [0, 0.05) is 32.4 Å². The molecule has 0 aliphatic carbocycles. The number of hydrogen-bond acceptors (Lipinski definition) is 1. The van der Waals surface area contributed by atoms with Gasteiger partial charge in [-0.05, 0) is 5.92 Å². The zero-order chi connectivity index (χ0) is 11.5. The van der Waals surface area contributed by atoms with Crippen LogP contribution in [0.2, 0.25) is 0 Å². The molecule has 1 aliphatic rings. The largest absolute Gasteiger partial charge is 0.342 e. The van der Waals surface area contributed by atoms with Crippen molar-refractivity contribution in [1.29, 1.82) is 0 Å². The van der Waals surface area contributed by atoms with Crippen LogP contribution in [-0.2, 0) is 4.79 Å². The van der Waals surface area contributed by atoms with Crippen LogP contribution in [-0.4, -0.2) is 29.8 Å². The third-order valence-corrected chi connectivity index (χ3v) is 3.07. The Balaban J connectivity index is 2.36. The van der Waals surface area contributed by atoms with Gasteiger partial charge in [-0.1, -0.05) is 20.3 Å². The molecule has 0 aromatic rings. The summed E-state index contributed by atoms with van der Waals surface area (Å²) in [4.78, 5) is 13.2. The normalized spacial score (nSPS) is 22.5. The highest BCUT2D eigenvalue weighted by Gasteiger charge is 2.35. The number of piperidine rings is 1. The molecule has 0 radical (unpaired) electrons. The van der Waals surface area contributed by atoms with E-state index in [1.807, 2.05) is 13.8 Å². The minimum Gasteiger partial charge on any atom is -0.342 e. The number of rotatable bonds is 3. The summed E-state index contributed by atoms with van der Waals surface area (Å²) >= 11 is 0. The molecule has 0 saturated carbocycles. The molecule has 2 nitrogen and oxygen atoms in total. The van der Waals surface area contributed by atoms with Crippen molar-refractivity contribution in [3.63, 3.8) is 0 Å². The van der Waals surface area contributed by atoms with E-state index in [9.17, 15) is 13.6 Å². The van der Waals surface area contributed by atoms with Gasteiger partial charge in [0.1, 0.15) is 0 Å². The maximum atomic E-state index is 12.8. The number of carbonyl (C=O) groups excluding carboxylic acids is 1. The molecule has 0 aromatic carbocycles. The van der Waals surface area contributed by atoms with Crippen LogP contribution in [0.25, 0.3) is 0 Å². The van der Waals surface area contributed by atoms with Crippen molar-refractivity contribution in [2.45, 2.75) is 45.5 Å². The van der Waals surface area contributed by atoms with E-state index in [2.05, 4.69) is 0 Å². The Morgan fingerprint density at radius 2 is 1.93 bits per heavy atom. The van der Waals surface area contributed by atoms with Gasteiger partial charge >= 0.3 is 0 Å². The third-order valence-electron chi connectivity index (χ3n) is 3.07. The number of likely N-dealkylation sites (tertiary alicyclic amines) is 1. The summed E-state index contributed by atoms with van der Waals surface area (Å²) < 4.78 is 25.7. The molecular weight excluding hydrogens is 200 g/mol. The van der Waals surface area contributed by atoms with Gasteiger partial charge in [0.05, 0.1) is 0 Å². The van der Waals surface area contributed by atoms with E-state index < -0.39 is 5.92 Å². The van der Waals surface area contributed by atoms with Crippen LogP contribution >= 0.6 is 0 Å². The van der Waals surface area contributed by atoms with Crippen molar-refractivity contribution < 1.29 is 13.6 Å². The Bertz CT molecular complexity index is 221. The second-order valence-electron chi connectivity index (χ2n) is 4.45. The summed E-state index contributed by atoms with van der Waals surface area (Å²) in [6.45, 7) is 4.46. The highest BCUT2D eigenvalue weighted by Crippen LogP contribution is 2.28. The van der Waals surface area contributed by atoms with E-state index in [4.69, 9.17) is 0 Å². The minimum atomic E-state index is -2.56. The number of carbonyl (C=O) groups is 1. The first-order valence-electron chi connectivity index (χ1n) is 5.60. The maximum absolute atomic E-state index is 12.8. The first-order chi connectivity index (χ1) is 6.94. The van der Waals surface area contributed by atoms with Crippen LogP contribution < -0.4 is 0 Å². The van der Waals surface area contributed by atoms with Gasteiger partial charge in [0.25, 0.3) is 5.92 Å². The fraction of sp³-hybridized carbons (Fsp3) is 0.909. The maximum Gasteiger partial charge on any atom is 0.251 e. The number of hydrogen-bond donors (Lipinski definition) is 0. The fourth-order valence-electron chi connectivity index (χ4n) is 1.65. The van der Waals surface area contributed by atoms with E-state index in [0.717, 1.165) is 6.42 Å². The predicted octanol–water partition coefficient (Wildman–Crippen LogP) is 2.68. The van der Waals surface area contributed by atoms with E-state index in [0.29, 0.717) is 12.3 Å². The fourth-order valence-corrected chi connectivity index (χ4v) is 1.65. The lowest BCUT2D eigenvalue weighted by Crippen LogP contribution is -2.43. The molecule has 15 heavy (non-hydrogen) atoms. The first kappa shape index (κ1) is 12.4. The van der Waals surface area contributed by atoms with Crippen molar-refractivity contribution in [2.75, 3.05) is 13.1 Å². The average molecular weight is 219 g/mol. The van der Waals surface area contributed by atoms with Crippen LogP contribution in [0.5, 0.6) is 0 Å². The number of alkyl halides is 2. The standard InChI is InChI=1S/C11H19F2NO/c1-3-9(2)8-10(15)14-6-4-11(12,13)5-7-14/h9H,3-8H2,1-2H3. The quantitative estimate of drug-likeness (QED) is 0.714. The predicted molar refractivity (Wildman–Crippen MR) is 54.8 cm³/mol. The monoisotopic (exact) mass is 219 g/mol. The molecule has 1 aliphatic heterocycles. The molecule has 1 heterocycles. The second kappa shape index (κ2) is 4.90. The molecule has 1 saturated heterocycles. The first-order valence-corrected chi connectivity index (χ1v) is 5.60. The highest BCUT2D eigenvalue weighted by atomic mass is 19.3. The van der Waals surface area contributed by atoms with E-state index in [1.165, 1.54) is 0 Å². The molecular formula is C11H19F2NO. The Morgan fingerprint density at radius 1 is 1.40 bits per heavy atom. The van der Waals surface area contributed by atoms with Gasteiger partial charge in [0.15, 0.2) is 0 Å². The molecule has 0 bridgehead atoms. The van der Waals surface area contributed by atoms with Gasteiger partial charge in [0.2, 0.25) is 5.91 Å². The van der Waals surface area contributed by atoms with Crippen molar-refractivity contribution in [1.82, 2.24) is 4.90 Å². The summed E-state index contributed by atoms with van der Waals surface area (Å²) in [5.74, 6) is -2.19. The van der Waals surface area contributed by atoms with E-state index >= 15 is 0 Å². The Labute approximate surface area is 89.6 Å². The SMILES string of the molecule is CCC(C)CC(=O)N1CCC(F)(F)CC1. The summed E-state index contributed by atoms with van der Waals surface area (Å²) in [5.41, 5.74) is 0. The zero-order valence-corrected chi connectivity index (χ0v) is 9.43. The Morgan fingerprint density at radius 3 is 2.40 bits per heavy atom. The molecule has 0 spiro atoms. The van der Waals surface area contributed by atoms with Crippen LogP contribution in [0, 0.1) is 5.92 Å². The highest BCUT2D eigenvalue weighted by molar-refractivity contribution is 5.76. The molecule has 1 rings (SSSR count). The molecule has 1 unspecified atom stereocenters. The van der Waals surface area contributed by atoms with Crippen molar-refractivity contribution in [3.8, 4) is 0 Å². The molecule has 0 aromatic heterocycles. The van der Waals surface area contributed by atoms with Crippen molar-refractivity contribution >= 4 is 5.91 Å². The smallest absolute Gasteiger partial charge is 0.251 e. The van der Waals surface area contributed by atoms with Crippen molar-refractivity contribution in [3.05, 3.63) is 0 Å². The molecule has 88 valence electrons. The van der Waals surface area contributed by atoms with Crippen LogP contribution in [0.3, 0.4) is 0 Å². The molecule has 0 N–H and O–H groups in total. The van der Waals surface area contributed by atoms with Gasteiger partial charge < -0.3 is 4.90 Å². The molecule has 1 amide bonds. The second-order valence-corrected chi connectivity index (χ2v) is 4.45.